The molecule has 2 aromatic heterocycles. The van der Waals surface area contributed by atoms with Gasteiger partial charge in [-0.3, -0.25) is 28.8 Å². The second kappa shape index (κ2) is 19.8. The van der Waals surface area contributed by atoms with Crippen molar-refractivity contribution in [3.8, 4) is 0 Å². The summed E-state index contributed by atoms with van der Waals surface area (Å²) in [6.07, 6.45) is 2.79. The number of fused-ring (bicyclic) bond motifs is 2. The number of aliphatic hydroxyl groups is 2. The Hall–Kier alpha value is -5.74. The molecule has 4 rings (SSSR count). The predicted octanol–water partition coefficient (Wildman–Crippen LogP) is 0.385. The summed E-state index contributed by atoms with van der Waals surface area (Å²) in [6.45, 7) is 0.988. The van der Waals surface area contributed by atoms with Gasteiger partial charge in [-0.1, -0.05) is 36.4 Å². The number of hydrogen-bond donors (Lipinski definition) is 10. The minimum atomic E-state index is -1.21. The molecule has 16 heteroatoms. The molecule has 0 spiro atoms. The van der Waals surface area contributed by atoms with Crippen molar-refractivity contribution in [2.75, 3.05) is 19.7 Å². The second-order valence-corrected chi connectivity index (χ2v) is 12.9. The zero-order valence-corrected chi connectivity index (χ0v) is 29.4. The van der Waals surface area contributed by atoms with Crippen LogP contribution in [-0.4, -0.2) is 105 Å². The maximum Gasteiger partial charge on any atom is 0.303 e. The van der Waals surface area contributed by atoms with Crippen LogP contribution in [0, 0.1) is 5.92 Å². The van der Waals surface area contributed by atoms with E-state index in [0.29, 0.717) is 12.0 Å². The summed E-state index contributed by atoms with van der Waals surface area (Å²) in [7, 11) is 0. The van der Waals surface area contributed by atoms with Crippen LogP contribution >= 0.6 is 0 Å². The zero-order chi connectivity index (χ0) is 38.3. The Morgan fingerprint density at radius 2 is 1.36 bits per heavy atom. The van der Waals surface area contributed by atoms with Gasteiger partial charge < -0.3 is 51.9 Å². The van der Waals surface area contributed by atoms with Crippen molar-refractivity contribution in [1.29, 1.82) is 0 Å². The fourth-order valence-corrected chi connectivity index (χ4v) is 6.18. The largest absolute Gasteiger partial charge is 0.481 e. The monoisotopic (exact) mass is 733 g/mol. The van der Waals surface area contributed by atoms with Crippen molar-refractivity contribution in [3.63, 3.8) is 0 Å². The first-order chi connectivity index (χ1) is 25.5. The molecule has 0 radical (unpaired) electrons. The molecule has 2 aromatic carbocycles. The lowest BCUT2D eigenvalue weighted by Gasteiger charge is -2.26. The summed E-state index contributed by atoms with van der Waals surface area (Å²) in [4.78, 5) is 82.5. The van der Waals surface area contributed by atoms with Crippen molar-refractivity contribution in [2.45, 2.75) is 69.7 Å². The Morgan fingerprint density at radius 3 is 1.92 bits per heavy atom. The number of benzene rings is 2. The number of aromatic amines is 2. The Morgan fingerprint density at radius 1 is 0.792 bits per heavy atom. The molecule has 2 unspecified atom stereocenters. The van der Waals surface area contributed by atoms with E-state index < -0.39 is 59.7 Å². The fraction of sp³-hybridized carbons (Fsp3) is 0.405. The van der Waals surface area contributed by atoms with Gasteiger partial charge in [0.25, 0.3) is 0 Å². The average molecular weight is 734 g/mol. The normalized spacial score (nSPS) is 14.0. The third-order valence-corrected chi connectivity index (χ3v) is 8.93. The first-order valence-corrected chi connectivity index (χ1v) is 17.5. The van der Waals surface area contributed by atoms with E-state index in [0.717, 1.165) is 27.4 Å². The van der Waals surface area contributed by atoms with E-state index in [1.807, 2.05) is 48.5 Å². The number of nitrogens with one attached hydrogen (secondary N) is 7. The van der Waals surface area contributed by atoms with Gasteiger partial charge in [-0.05, 0) is 49.4 Å². The highest BCUT2D eigenvalue weighted by molar-refractivity contribution is 5.95. The van der Waals surface area contributed by atoms with Gasteiger partial charge in [-0.15, -0.1) is 0 Å². The molecule has 5 amide bonds. The minimum Gasteiger partial charge on any atom is -0.481 e. The molecule has 0 bridgehead atoms. The van der Waals surface area contributed by atoms with Gasteiger partial charge in [0.1, 0.15) is 18.1 Å². The predicted molar refractivity (Wildman–Crippen MR) is 195 cm³/mol. The van der Waals surface area contributed by atoms with Crippen LogP contribution in [0.1, 0.15) is 43.7 Å². The quantitative estimate of drug-likeness (QED) is 0.0501. The molecule has 10 N–H and O–H groups in total. The number of aliphatic hydroxyl groups excluding tert-OH is 2. The SMILES string of the molecule is C[C@H](NC(=O)[C@H](Cc1c[nH]c2ccccc12)NC(=O)C(CCCC(=O)O)CC(O)CNC=O)C(=O)N[C@@H](Cc1c[nH]c2ccccc12)C(=O)NCCO. The summed E-state index contributed by atoms with van der Waals surface area (Å²) >= 11 is 0. The summed E-state index contributed by atoms with van der Waals surface area (Å²) in [5.41, 5.74) is 3.13. The van der Waals surface area contributed by atoms with E-state index in [2.05, 4.69) is 36.6 Å². The Bertz CT molecular complexity index is 1870. The smallest absolute Gasteiger partial charge is 0.303 e. The van der Waals surface area contributed by atoms with Crippen molar-refractivity contribution in [1.82, 2.24) is 36.6 Å². The lowest BCUT2D eigenvalue weighted by Crippen LogP contribution is -2.57. The van der Waals surface area contributed by atoms with E-state index in [4.69, 9.17) is 5.11 Å². The highest BCUT2D eigenvalue weighted by atomic mass is 16.4. The van der Waals surface area contributed by atoms with E-state index in [1.165, 1.54) is 6.92 Å². The molecule has 0 saturated carbocycles. The van der Waals surface area contributed by atoms with Crippen LogP contribution in [0.4, 0.5) is 0 Å². The van der Waals surface area contributed by atoms with Crippen molar-refractivity contribution in [2.24, 2.45) is 5.92 Å². The molecule has 2 heterocycles. The van der Waals surface area contributed by atoms with Gasteiger partial charge in [0.15, 0.2) is 0 Å². The van der Waals surface area contributed by atoms with Crippen LogP contribution in [0.2, 0.25) is 0 Å². The highest BCUT2D eigenvalue weighted by Gasteiger charge is 2.31. The standard InChI is InChI=1S/C37H47N7O9/c1-22(34(50)43-31(36(52)39-13-14-45)16-24-18-40-29-10-4-2-8-27(24)29)42-37(53)32(17-25-19-41-30-11-5-3-9-28(25)30)44-35(51)23(7-6-12-33(48)49)15-26(47)20-38-21-46/h2-5,8-11,18-19,21-23,26,31-32,40-41,45,47H,6-7,12-17,20H2,1H3,(H,38,46)(H,39,52)(H,42,53)(H,43,50)(H,44,51)(H,48,49)/t22-,23?,26?,31-,32-/m0/s1. The molecular formula is C37H47N7O9. The molecule has 0 fully saturated rings. The summed E-state index contributed by atoms with van der Waals surface area (Å²) in [6, 6.07) is 11.4. The van der Waals surface area contributed by atoms with Crippen molar-refractivity contribution in [3.05, 3.63) is 72.1 Å². The van der Waals surface area contributed by atoms with E-state index in [9.17, 15) is 39.0 Å². The second-order valence-electron chi connectivity index (χ2n) is 12.9. The van der Waals surface area contributed by atoms with Crippen LogP contribution in [0.15, 0.2) is 60.9 Å². The number of carboxylic acid groups (broad SMARTS) is 1. The molecule has 284 valence electrons. The third kappa shape index (κ3) is 11.6. The first-order valence-electron chi connectivity index (χ1n) is 17.5. The molecular weight excluding hydrogens is 686 g/mol. The van der Waals surface area contributed by atoms with Gasteiger partial charge in [0.05, 0.1) is 12.7 Å². The minimum absolute atomic E-state index is 0.0137. The first kappa shape index (κ1) is 40.0. The lowest BCUT2D eigenvalue weighted by molar-refractivity contribution is -0.137. The Balaban J connectivity index is 1.52. The number of carbonyl (C=O) groups excluding carboxylic acids is 5. The number of amides is 5. The van der Waals surface area contributed by atoms with Crippen LogP contribution in [0.25, 0.3) is 21.8 Å². The summed E-state index contributed by atoms with van der Waals surface area (Å²) in [5, 5.41) is 43.6. The lowest BCUT2D eigenvalue weighted by atomic mass is 9.93. The number of para-hydroxylation sites is 2. The van der Waals surface area contributed by atoms with Crippen molar-refractivity contribution >= 4 is 57.8 Å². The zero-order valence-electron chi connectivity index (χ0n) is 29.4. The number of carboxylic acids is 1. The molecule has 0 aliphatic rings. The Labute approximate surface area is 305 Å². The van der Waals surface area contributed by atoms with Crippen molar-refractivity contribution < 1.29 is 44.1 Å². The number of carbonyl (C=O) groups is 6. The van der Waals surface area contributed by atoms with Gasteiger partial charge in [0, 0.05) is 72.5 Å². The number of aliphatic carboxylic acids is 1. The number of aromatic nitrogens is 2. The van der Waals surface area contributed by atoms with Crippen LogP contribution in [-0.2, 0) is 41.6 Å². The summed E-state index contributed by atoms with van der Waals surface area (Å²) in [5.74, 6) is -4.46. The molecule has 53 heavy (non-hydrogen) atoms. The van der Waals surface area contributed by atoms with Crippen LogP contribution < -0.4 is 26.6 Å². The van der Waals surface area contributed by atoms with Crippen LogP contribution in [0.5, 0.6) is 0 Å². The van der Waals surface area contributed by atoms with Gasteiger partial charge >= 0.3 is 5.97 Å². The molecule has 5 atom stereocenters. The van der Waals surface area contributed by atoms with E-state index in [1.54, 1.807) is 12.4 Å². The average Bonchev–Trinajstić information content (AvgIpc) is 3.75. The molecule has 16 nitrogen and oxygen atoms in total. The van der Waals surface area contributed by atoms with Gasteiger partial charge in [-0.2, -0.15) is 0 Å². The molecule has 4 aromatic rings. The molecule has 0 saturated heterocycles. The topological polar surface area (TPSA) is 255 Å². The Kier molecular flexibility index (Phi) is 14.9. The number of H-pyrrole nitrogens is 2. The molecule has 0 aliphatic carbocycles. The molecule has 0 aliphatic heterocycles. The van der Waals surface area contributed by atoms with Crippen LogP contribution in [0.3, 0.4) is 0 Å². The van der Waals surface area contributed by atoms with E-state index >= 15 is 0 Å². The van der Waals surface area contributed by atoms with E-state index in [-0.39, 0.29) is 58.2 Å². The van der Waals surface area contributed by atoms with Gasteiger partial charge in [-0.25, -0.2) is 0 Å². The third-order valence-electron chi connectivity index (χ3n) is 8.93. The highest BCUT2D eigenvalue weighted by Crippen LogP contribution is 2.22. The number of hydrogen-bond acceptors (Lipinski definition) is 8. The number of rotatable bonds is 22. The maximum absolute atomic E-state index is 13.9. The maximum atomic E-state index is 13.9. The fourth-order valence-electron chi connectivity index (χ4n) is 6.18. The summed E-state index contributed by atoms with van der Waals surface area (Å²) < 4.78 is 0. The van der Waals surface area contributed by atoms with Gasteiger partial charge in [0.2, 0.25) is 30.0 Å².